The smallest absolute Gasteiger partial charge is 0.220 e. The molecule has 0 radical (unpaired) electrons. The first kappa shape index (κ1) is 14.2. The molecule has 0 bridgehead atoms. The highest BCUT2D eigenvalue weighted by molar-refractivity contribution is 5.66. The van der Waals surface area contributed by atoms with Crippen LogP contribution in [-0.4, -0.2) is 23.1 Å². The van der Waals surface area contributed by atoms with Gasteiger partial charge in [0.2, 0.25) is 5.95 Å². The van der Waals surface area contributed by atoms with E-state index in [1.807, 2.05) is 24.3 Å². The van der Waals surface area contributed by atoms with Gasteiger partial charge in [-0.1, -0.05) is 19.1 Å². The third-order valence-electron chi connectivity index (χ3n) is 3.12. The maximum atomic E-state index is 13.8. The van der Waals surface area contributed by atoms with E-state index in [2.05, 4.69) is 28.7 Å². The second kappa shape index (κ2) is 6.32. The zero-order valence-corrected chi connectivity index (χ0v) is 11.8. The fraction of sp³-hybridized carbons (Fsp3) is 0.333. The van der Waals surface area contributed by atoms with Crippen molar-refractivity contribution >= 4 is 11.6 Å². The molecule has 2 aromatic rings. The minimum Gasteiger partial charge on any atom is -0.372 e. The van der Waals surface area contributed by atoms with E-state index < -0.39 is 5.82 Å². The molecule has 0 saturated carbocycles. The van der Waals surface area contributed by atoms with Gasteiger partial charge in [0.15, 0.2) is 5.82 Å². The molecule has 0 amide bonds. The number of anilines is 2. The van der Waals surface area contributed by atoms with Crippen LogP contribution in [0.15, 0.2) is 30.5 Å². The molecule has 0 aliphatic heterocycles. The number of rotatable bonds is 5. The maximum Gasteiger partial charge on any atom is 0.220 e. The highest BCUT2D eigenvalue weighted by Gasteiger charge is 2.10. The molecule has 0 aliphatic rings. The van der Waals surface area contributed by atoms with Crippen LogP contribution in [-0.2, 0) is 0 Å². The fourth-order valence-electron chi connectivity index (χ4n) is 2.17. The Balaban J connectivity index is 0.00000220. The number of hydrogen-bond donors (Lipinski definition) is 1. The predicted molar refractivity (Wildman–Crippen MR) is 82.1 cm³/mol. The third-order valence-corrected chi connectivity index (χ3v) is 3.12. The topological polar surface area (TPSA) is 55.0 Å². The second-order valence-corrected chi connectivity index (χ2v) is 4.55. The number of benzene rings is 1. The van der Waals surface area contributed by atoms with Gasteiger partial charge >= 0.3 is 0 Å². The molecule has 1 aromatic carbocycles. The summed E-state index contributed by atoms with van der Waals surface area (Å²) in [7, 11) is 0. The van der Waals surface area contributed by atoms with Crippen LogP contribution in [0.4, 0.5) is 16.0 Å². The fourth-order valence-corrected chi connectivity index (χ4v) is 2.17. The standard InChI is InChI=1S/C15H19FN4.H2/c1-3-8-20(4-2)12-7-5-6-11(9-12)14-13(16)10-18-15(17)19-14;/h5-7,9-10H,3-4,8H2,1-2H3,(H2,17,18,19);1H. The normalized spacial score (nSPS) is 10.6. The van der Waals surface area contributed by atoms with Gasteiger partial charge in [-0.2, -0.15) is 0 Å². The first-order valence-electron chi connectivity index (χ1n) is 6.79. The Hall–Kier alpha value is -2.17. The summed E-state index contributed by atoms with van der Waals surface area (Å²) in [6.45, 7) is 6.11. The first-order valence-corrected chi connectivity index (χ1v) is 6.79. The summed E-state index contributed by atoms with van der Waals surface area (Å²) in [6.07, 6.45) is 2.17. The maximum absolute atomic E-state index is 13.8. The number of nitrogen functional groups attached to an aromatic ring is 1. The summed E-state index contributed by atoms with van der Waals surface area (Å²) < 4.78 is 13.8. The zero-order chi connectivity index (χ0) is 14.5. The molecule has 108 valence electrons. The molecule has 2 N–H and O–H groups in total. The van der Waals surface area contributed by atoms with Crippen LogP contribution in [0.5, 0.6) is 0 Å². The molecule has 5 heteroatoms. The van der Waals surface area contributed by atoms with Crippen molar-refractivity contribution in [3.63, 3.8) is 0 Å². The van der Waals surface area contributed by atoms with Crippen LogP contribution in [0.3, 0.4) is 0 Å². The average molecular weight is 276 g/mol. The highest BCUT2D eigenvalue weighted by Crippen LogP contribution is 2.25. The lowest BCUT2D eigenvalue weighted by atomic mass is 10.1. The van der Waals surface area contributed by atoms with Gasteiger partial charge in [0, 0.05) is 25.8 Å². The Bertz CT molecular complexity index is 592. The molecule has 20 heavy (non-hydrogen) atoms. The Labute approximate surface area is 120 Å². The lowest BCUT2D eigenvalue weighted by molar-refractivity contribution is 0.619. The van der Waals surface area contributed by atoms with Crippen molar-refractivity contribution in [2.45, 2.75) is 20.3 Å². The van der Waals surface area contributed by atoms with Gasteiger partial charge in [0.1, 0.15) is 5.69 Å². The van der Waals surface area contributed by atoms with Crippen LogP contribution in [0.2, 0.25) is 0 Å². The molecule has 4 nitrogen and oxygen atoms in total. The van der Waals surface area contributed by atoms with Crippen molar-refractivity contribution in [3.8, 4) is 11.3 Å². The average Bonchev–Trinajstić information content (AvgIpc) is 2.47. The Morgan fingerprint density at radius 3 is 2.85 bits per heavy atom. The van der Waals surface area contributed by atoms with Crippen molar-refractivity contribution in [2.75, 3.05) is 23.7 Å². The minimum absolute atomic E-state index is 0. The van der Waals surface area contributed by atoms with Crippen LogP contribution in [0.25, 0.3) is 11.3 Å². The van der Waals surface area contributed by atoms with Gasteiger partial charge in [-0.15, -0.1) is 0 Å². The number of aromatic nitrogens is 2. The Morgan fingerprint density at radius 1 is 1.35 bits per heavy atom. The van der Waals surface area contributed by atoms with Crippen molar-refractivity contribution < 1.29 is 5.82 Å². The molecule has 0 spiro atoms. The van der Waals surface area contributed by atoms with Crippen LogP contribution < -0.4 is 10.6 Å². The third kappa shape index (κ3) is 3.04. The molecule has 0 fully saturated rings. The molecule has 0 aliphatic carbocycles. The molecule has 0 unspecified atom stereocenters. The molecule has 1 aromatic heterocycles. The zero-order valence-electron chi connectivity index (χ0n) is 11.8. The highest BCUT2D eigenvalue weighted by atomic mass is 19.1. The van der Waals surface area contributed by atoms with Crippen molar-refractivity contribution in [3.05, 3.63) is 36.3 Å². The van der Waals surface area contributed by atoms with Gasteiger partial charge in [-0.25, -0.2) is 14.4 Å². The van der Waals surface area contributed by atoms with E-state index >= 15 is 0 Å². The molecule has 0 saturated heterocycles. The van der Waals surface area contributed by atoms with Gasteiger partial charge in [0.25, 0.3) is 0 Å². The molecule has 1 heterocycles. The summed E-state index contributed by atoms with van der Waals surface area (Å²) in [5.41, 5.74) is 7.55. The van der Waals surface area contributed by atoms with E-state index in [1.54, 1.807) is 0 Å². The monoisotopic (exact) mass is 276 g/mol. The second-order valence-electron chi connectivity index (χ2n) is 4.55. The van der Waals surface area contributed by atoms with E-state index in [4.69, 9.17) is 5.73 Å². The lowest BCUT2D eigenvalue weighted by Crippen LogP contribution is -2.23. The summed E-state index contributed by atoms with van der Waals surface area (Å²) in [5.74, 6) is -0.386. The van der Waals surface area contributed by atoms with Crippen LogP contribution >= 0.6 is 0 Å². The van der Waals surface area contributed by atoms with Gasteiger partial charge in [-0.05, 0) is 25.5 Å². The SMILES string of the molecule is CCCN(CC)c1cccc(-c2nc(N)ncc2F)c1.[HH]. The summed E-state index contributed by atoms with van der Waals surface area (Å²) >= 11 is 0. The summed E-state index contributed by atoms with van der Waals surface area (Å²) in [6, 6.07) is 7.68. The van der Waals surface area contributed by atoms with Crippen molar-refractivity contribution in [1.82, 2.24) is 9.97 Å². The van der Waals surface area contributed by atoms with Crippen molar-refractivity contribution in [2.24, 2.45) is 0 Å². The van der Waals surface area contributed by atoms with Gasteiger partial charge in [0.05, 0.1) is 6.20 Å². The number of halogens is 1. The summed E-state index contributed by atoms with van der Waals surface area (Å²) in [5, 5.41) is 0. The van der Waals surface area contributed by atoms with E-state index in [1.165, 1.54) is 0 Å². The number of nitrogens with zero attached hydrogens (tertiary/aromatic N) is 3. The molecule has 0 atom stereocenters. The number of nitrogens with two attached hydrogens (primary N) is 1. The number of hydrogen-bond acceptors (Lipinski definition) is 4. The minimum atomic E-state index is -0.463. The molecular weight excluding hydrogens is 255 g/mol. The van der Waals surface area contributed by atoms with Gasteiger partial charge in [-0.3, -0.25) is 0 Å². The first-order chi connectivity index (χ1) is 9.65. The quantitative estimate of drug-likeness (QED) is 0.910. The van der Waals surface area contributed by atoms with E-state index in [0.717, 1.165) is 31.4 Å². The Kier molecular flexibility index (Phi) is 4.50. The van der Waals surface area contributed by atoms with Gasteiger partial charge < -0.3 is 10.6 Å². The summed E-state index contributed by atoms with van der Waals surface area (Å²) in [4.78, 5) is 9.88. The van der Waals surface area contributed by atoms with E-state index in [9.17, 15) is 4.39 Å². The lowest BCUT2D eigenvalue weighted by Gasteiger charge is -2.23. The van der Waals surface area contributed by atoms with Crippen LogP contribution in [0, 0.1) is 5.82 Å². The Morgan fingerprint density at radius 2 is 2.15 bits per heavy atom. The van der Waals surface area contributed by atoms with Crippen molar-refractivity contribution in [1.29, 1.82) is 0 Å². The predicted octanol–water partition coefficient (Wildman–Crippen LogP) is 3.35. The van der Waals surface area contributed by atoms with E-state index in [0.29, 0.717) is 5.56 Å². The molecular formula is C15H21FN4. The van der Waals surface area contributed by atoms with E-state index in [-0.39, 0.29) is 13.1 Å². The largest absolute Gasteiger partial charge is 0.372 e. The molecule has 2 rings (SSSR count). The van der Waals surface area contributed by atoms with Crippen LogP contribution in [0.1, 0.15) is 21.7 Å².